The fourth-order valence-corrected chi connectivity index (χ4v) is 2.80. The largest absolute Gasteiger partial charge is 0.330 e. The van der Waals surface area contributed by atoms with E-state index >= 15 is 0 Å². The lowest BCUT2D eigenvalue weighted by atomic mass is 10.0. The van der Waals surface area contributed by atoms with Crippen molar-refractivity contribution < 1.29 is 0 Å². The Hall–Kier alpha value is -0.870. The maximum Gasteiger partial charge on any atom is 0.0521 e. The molecule has 0 saturated heterocycles. The molecule has 0 spiro atoms. The lowest BCUT2D eigenvalue weighted by Gasteiger charge is -2.28. The van der Waals surface area contributed by atoms with Crippen molar-refractivity contribution in [3.05, 3.63) is 18.0 Å². The molecular formula is C12H22N4. The van der Waals surface area contributed by atoms with Crippen molar-refractivity contribution in [3.8, 4) is 0 Å². The van der Waals surface area contributed by atoms with Crippen LogP contribution >= 0.6 is 0 Å². The minimum Gasteiger partial charge on any atom is -0.330 e. The van der Waals surface area contributed by atoms with E-state index in [1.54, 1.807) is 0 Å². The van der Waals surface area contributed by atoms with Crippen LogP contribution in [-0.4, -0.2) is 34.3 Å². The van der Waals surface area contributed by atoms with Crippen LogP contribution in [0.5, 0.6) is 0 Å². The SMILES string of the molecule is CN(Cc1ccnn1C)C1CCCC1CN. The van der Waals surface area contributed by atoms with E-state index in [0.29, 0.717) is 12.0 Å². The van der Waals surface area contributed by atoms with Gasteiger partial charge in [-0.15, -0.1) is 0 Å². The summed E-state index contributed by atoms with van der Waals surface area (Å²) in [6.45, 7) is 1.79. The summed E-state index contributed by atoms with van der Waals surface area (Å²) >= 11 is 0. The molecule has 1 fully saturated rings. The maximum absolute atomic E-state index is 5.82. The first-order valence-electron chi connectivity index (χ1n) is 6.09. The molecule has 0 aromatic carbocycles. The Kier molecular flexibility index (Phi) is 3.61. The van der Waals surface area contributed by atoms with Gasteiger partial charge in [-0.25, -0.2) is 0 Å². The highest BCUT2D eigenvalue weighted by atomic mass is 15.3. The van der Waals surface area contributed by atoms with E-state index in [0.717, 1.165) is 13.1 Å². The van der Waals surface area contributed by atoms with Crippen molar-refractivity contribution in [2.45, 2.75) is 31.8 Å². The van der Waals surface area contributed by atoms with E-state index in [4.69, 9.17) is 5.73 Å². The molecule has 1 aromatic rings. The highest BCUT2D eigenvalue weighted by Crippen LogP contribution is 2.29. The molecule has 0 aliphatic heterocycles. The number of hydrogen-bond acceptors (Lipinski definition) is 3. The van der Waals surface area contributed by atoms with Gasteiger partial charge in [0.1, 0.15) is 0 Å². The molecule has 4 heteroatoms. The second-order valence-electron chi connectivity index (χ2n) is 4.86. The van der Waals surface area contributed by atoms with Crippen molar-refractivity contribution in [2.75, 3.05) is 13.6 Å². The molecule has 1 aromatic heterocycles. The Labute approximate surface area is 97.4 Å². The molecule has 1 aliphatic rings. The molecule has 2 atom stereocenters. The topological polar surface area (TPSA) is 47.1 Å². The maximum atomic E-state index is 5.82. The monoisotopic (exact) mass is 222 g/mol. The molecule has 2 N–H and O–H groups in total. The normalized spacial score (nSPS) is 25.5. The van der Waals surface area contributed by atoms with Crippen LogP contribution in [0.2, 0.25) is 0 Å². The molecule has 1 heterocycles. The number of nitrogens with two attached hydrogens (primary N) is 1. The van der Waals surface area contributed by atoms with Gasteiger partial charge in [0.15, 0.2) is 0 Å². The van der Waals surface area contributed by atoms with Crippen LogP contribution in [0.25, 0.3) is 0 Å². The van der Waals surface area contributed by atoms with Gasteiger partial charge in [0.2, 0.25) is 0 Å². The Morgan fingerprint density at radius 2 is 2.38 bits per heavy atom. The quantitative estimate of drug-likeness (QED) is 0.826. The first-order chi connectivity index (χ1) is 7.72. The van der Waals surface area contributed by atoms with E-state index in [2.05, 4.69) is 23.1 Å². The van der Waals surface area contributed by atoms with Gasteiger partial charge in [0.05, 0.1) is 5.69 Å². The summed E-state index contributed by atoms with van der Waals surface area (Å²) in [5, 5.41) is 4.20. The molecule has 90 valence electrons. The average molecular weight is 222 g/mol. The van der Waals surface area contributed by atoms with Crippen LogP contribution < -0.4 is 5.73 Å². The van der Waals surface area contributed by atoms with Crippen molar-refractivity contribution in [3.63, 3.8) is 0 Å². The fraction of sp³-hybridized carbons (Fsp3) is 0.750. The summed E-state index contributed by atoms with van der Waals surface area (Å²) in [6, 6.07) is 2.74. The molecule has 4 nitrogen and oxygen atoms in total. The van der Waals surface area contributed by atoms with Gasteiger partial charge >= 0.3 is 0 Å². The molecule has 0 radical (unpaired) electrons. The smallest absolute Gasteiger partial charge is 0.0521 e. The highest BCUT2D eigenvalue weighted by molar-refractivity contribution is 5.00. The summed E-state index contributed by atoms with van der Waals surface area (Å²) in [5.41, 5.74) is 7.09. The summed E-state index contributed by atoms with van der Waals surface area (Å²) in [7, 11) is 4.20. The van der Waals surface area contributed by atoms with Crippen LogP contribution in [0.4, 0.5) is 0 Å². The van der Waals surface area contributed by atoms with Crippen molar-refractivity contribution in [1.82, 2.24) is 14.7 Å². The van der Waals surface area contributed by atoms with Crippen LogP contribution in [0.15, 0.2) is 12.3 Å². The molecule has 16 heavy (non-hydrogen) atoms. The van der Waals surface area contributed by atoms with Crippen molar-refractivity contribution in [1.29, 1.82) is 0 Å². The zero-order valence-electron chi connectivity index (χ0n) is 10.3. The number of rotatable bonds is 4. The van der Waals surface area contributed by atoms with Crippen molar-refractivity contribution in [2.24, 2.45) is 18.7 Å². The zero-order valence-corrected chi connectivity index (χ0v) is 10.3. The van der Waals surface area contributed by atoms with E-state index < -0.39 is 0 Å². The van der Waals surface area contributed by atoms with Crippen molar-refractivity contribution >= 4 is 0 Å². The van der Waals surface area contributed by atoms with Gasteiger partial charge in [-0.2, -0.15) is 5.10 Å². The Balaban J connectivity index is 1.97. The third-order valence-corrected chi connectivity index (χ3v) is 3.82. The van der Waals surface area contributed by atoms with Gasteiger partial charge in [0.25, 0.3) is 0 Å². The molecule has 2 rings (SSSR count). The lowest BCUT2D eigenvalue weighted by Crippen LogP contribution is -2.37. The third kappa shape index (κ3) is 2.28. The predicted molar refractivity (Wildman–Crippen MR) is 64.9 cm³/mol. The zero-order chi connectivity index (χ0) is 11.5. The molecular weight excluding hydrogens is 200 g/mol. The Bertz CT molecular complexity index is 334. The highest BCUT2D eigenvalue weighted by Gasteiger charge is 2.29. The van der Waals surface area contributed by atoms with Gasteiger partial charge in [-0.3, -0.25) is 9.58 Å². The Morgan fingerprint density at radius 3 is 3.00 bits per heavy atom. The van der Waals surface area contributed by atoms with E-state index in [9.17, 15) is 0 Å². The molecule has 1 aliphatic carbocycles. The van der Waals surface area contributed by atoms with Crippen LogP contribution in [-0.2, 0) is 13.6 Å². The standard InChI is InChI=1S/C12H22N4/c1-15(9-11-6-7-14-16(11)2)12-5-3-4-10(12)8-13/h6-7,10,12H,3-5,8-9,13H2,1-2H3. The number of aromatic nitrogens is 2. The number of hydrogen-bond donors (Lipinski definition) is 1. The molecule has 2 unspecified atom stereocenters. The summed E-state index contributed by atoms with van der Waals surface area (Å²) in [5.74, 6) is 0.679. The van der Waals surface area contributed by atoms with E-state index in [1.807, 2.05) is 17.9 Å². The van der Waals surface area contributed by atoms with E-state index in [-0.39, 0.29) is 0 Å². The summed E-state index contributed by atoms with van der Waals surface area (Å²) in [6.07, 6.45) is 5.76. The second kappa shape index (κ2) is 4.97. The van der Waals surface area contributed by atoms with E-state index in [1.165, 1.54) is 25.0 Å². The fourth-order valence-electron chi connectivity index (χ4n) is 2.80. The minimum atomic E-state index is 0.653. The molecule has 1 saturated carbocycles. The first kappa shape index (κ1) is 11.6. The number of nitrogens with zero attached hydrogens (tertiary/aromatic N) is 3. The van der Waals surface area contributed by atoms with Crippen LogP contribution in [0.3, 0.4) is 0 Å². The number of aryl methyl sites for hydroxylation is 1. The minimum absolute atomic E-state index is 0.653. The second-order valence-corrected chi connectivity index (χ2v) is 4.86. The third-order valence-electron chi connectivity index (χ3n) is 3.82. The van der Waals surface area contributed by atoms with Gasteiger partial charge in [-0.05, 0) is 38.4 Å². The predicted octanol–water partition coefficient (Wildman–Crippen LogP) is 0.979. The van der Waals surface area contributed by atoms with Crippen LogP contribution in [0, 0.1) is 5.92 Å². The van der Waals surface area contributed by atoms with Crippen LogP contribution in [0.1, 0.15) is 25.0 Å². The summed E-state index contributed by atoms with van der Waals surface area (Å²) < 4.78 is 1.95. The van der Waals surface area contributed by atoms with Gasteiger partial charge < -0.3 is 5.73 Å². The average Bonchev–Trinajstić information content (AvgIpc) is 2.87. The van der Waals surface area contributed by atoms with Gasteiger partial charge in [0, 0.05) is 25.8 Å². The molecule has 0 bridgehead atoms. The summed E-state index contributed by atoms with van der Waals surface area (Å²) in [4.78, 5) is 2.43. The van der Waals surface area contributed by atoms with Gasteiger partial charge in [-0.1, -0.05) is 6.42 Å². The lowest BCUT2D eigenvalue weighted by molar-refractivity contribution is 0.188. The first-order valence-corrected chi connectivity index (χ1v) is 6.09. The molecule has 0 amide bonds. The Morgan fingerprint density at radius 1 is 1.56 bits per heavy atom.